The summed E-state index contributed by atoms with van der Waals surface area (Å²) in [5.74, 6) is 0.711. The number of rotatable bonds is 2. The highest BCUT2D eigenvalue weighted by Crippen LogP contribution is 2.46. The zero-order chi connectivity index (χ0) is 10.9. The molecule has 86 valence electrons. The average molecular weight is 210 g/mol. The predicted molar refractivity (Wildman–Crippen MR) is 60.5 cm³/mol. The van der Waals surface area contributed by atoms with Crippen LogP contribution in [0.2, 0.25) is 0 Å². The molecule has 0 aromatic heterocycles. The van der Waals surface area contributed by atoms with Gasteiger partial charge in [-0.2, -0.15) is 0 Å². The van der Waals surface area contributed by atoms with Crippen molar-refractivity contribution in [2.24, 2.45) is 11.8 Å². The lowest BCUT2D eigenvalue weighted by atomic mass is 9.63. The van der Waals surface area contributed by atoms with Crippen molar-refractivity contribution in [2.45, 2.75) is 51.0 Å². The molecule has 0 aromatic carbocycles. The number of hydrogen-bond acceptors (Lipinski definition) is 2. The molecular weight excluding hydrogens is 188 g/mol. The minimum Gasteiger partial charge on any atom is -0.396 e. The van der Waals surface area contributed by atoms with Crippen molar-refractivity contribution in [1.29, 1.82) is 0 Å². The fourth-order valence-electron chi connectivity index (χ4n) is 3.42. The molecule has 0 aliphatic heterocycles. The standard InChI is InChI=1S/C13H22O2/c1-10-5-6-11-3-2-4-12(7-8-14)13(11,15)9-10/h9,11-12,14-15H,2-8H2,1H3/t11-,12+,13-/m1/s1. The van der Waals surface area contributed by atoms with Gasteiger partial charge in [-0.25, -0.2) is 0 Å². The third-order valence-electron chi connectivity index (χ3n) is 4.26. The van der Waals surface area contributed by atoms with E-state index in [1.807, 2.05) is 0 Å². The van der Waals surface area contributed by atoms with Gasteiger partial charge >= 0.3 is 0 Å². The summed E-state index contributed by atoms with van der Waals surface area (Å²) >= 11 is 0. The lowest BCUT2D eigenvalue weighted by molar-refractivity contribution is -0.0690. The van der Waals surface area contributed by atoms with E-state index in [1.165, 1.54) is 12.0 Å². The van der Waals surface area contributed by atoms with Gasteiger partial charge in [-0.15, -0.1) is 0 Å². The second-order valence-electron chi connectivity index (χ2n) is 5.25. The van der Waals surface area contributed by atoms with E-state index >= 15 is 0 Å². The Morgan fingerprint density at radius 2 is 2.20 bits per heavy atom. The van der Waals surface area contributed by atoms with Crippen LogP contribution in [0.1, 0.15) is 45.4 Å². The van der Waals surface area contributed by atoms with Crippen molar-refractivity contribution in [1.82, 2.24) is 0 Å². The molecule has 2 N–H and O–H groups in total. The zero-order valence-electron chi connectivity index (χ0n) is 9.58. The molecule has 0 saturated heterocycles. The molecular formula is C13H22O2. The van der Waals surface area contributed by atoms with Gasteiger partial charge in [0.05, 0.1) is 5.60 Å². The Morgan fingerprint density at radius 1 is 1.40 bits per heavy atom. The Balaban J connectivity index is 2.22. The third-order valence-corrected chi connectivity index (χ3v) is 4.26. The lowest BCUT2D eigenvalue weighted by Crippen LogP contribution is -2.48. The topological polar surface area (TPSA) is 40.5 Å². The van der Waals surface area contributed by atoms with Crippen LogP contribution in [0.4, 0.5) is 0 Å². The first-order valence-electron chi connectivity index (χ1n) is 6.18. The van der Waals surface area contributed by atoms with Crippen molar-refractivity contribution in [3.63, 3.8) is 0 Å². The smallest absolute Gasteiger partial charge is 0.0887 e. The highest BCUT2D eigenvalue weighted by atomic mass is 16.3. The summed E-state index contributed by atoms with van der Waals surface area (Å²) in [6, 6.07) is 0. The van der Waals surface area contributed by atoms with E-state index < -0.39 is 5.60 Å². The van der Waals surface area contributed by atoms with Crippen molar-refractivity contribution < 1.29 is 10.2 Å². The summed E-state index contributed by atoms with van der Waals surface area (Å²) in [6.07, 6.45) is 8.53. The zero-order valence-corrected chi connectivity index (χ0v) is 9.58. The van der Waals surface area contributed by atoms with Crippen LogP contribution in [0.5, 0.6) is 0 Å². The van der Waals surface area contributed by atoms with Crippen molar-refractivity contribution >= 4 is 0 Å². The average Bonchev–Trinajstić information content (AvgIpc) is 2.19. The van der Waals surface area contributed by atoms with Crippen molar-refractivity contribution in [2.75, 3.05) is 6.61 Å². The number of fused-ring (bicyclic) bond motifs is 1. The first-order valence-corrected chi connectivity index (χ1v) is 6.18. The van der Waals surface area contributed by atoms with Crippen LogP contribution >= 0.6 is 0 Å². The van der Waals surface area contributed by atoms with Crippen LogP contribution in [-0.4, -0.2) is 22.4 Å². The monoisotopic (exact) mass is 210 g/mol. The first kappa shape index (κ1) is 11.2. The molecule has 3 atom stereocenters. The second kappa shape index (κ2) is 4.26. The molecule has 2 rings (SSSR count). The van der Waals surface area contributed by atoms with Gasteiger partial charge in [0, 0.05) is 6.61 Å². The van der Waals surface area contributed by atoms with Gasteiger partial charge in [0.15, 0.2) is 0 Å². The van der Waals surface area contributed by atoms with Crippen LogP contribution in [0, 0.1) is 11.8 Å². The third kappa shape index (κ3) is 1.98. The van der Waals surface area contributed by atoms with Gasteiger partial charge in [-0.1, -0.05) is 18.1 Å². The minimum absolute atomic E-state index is 0.201. The number of aliphatic hydroxyl groups is 2. The molecule has 0 bridgehead atoms. The highest BCUT2D eigenvalue weighted by Gasteiger charge is 2.45. The quantitative estimate of drug-likeness (QED) is 0.686. The summed E-state index contributed by atoms with van der Waals surface area (Å²) < 4.78 is 0. The summed E-state index contributed by atoms with van der Waals surface area (Å²) in [4.78, 5) is 0. The second-order valence-corrected chi connectivity index (χ2v) is 5.25. The minimum atomic E-state index is -0.608. The number of aliphatic hydroxyl groups excluding tert-OH is 1. The fraction of sp³-hybridized carbons (Fsp3) is 0.846. The Labute approximate surface area is 92.0 Å². The number of allylic oxidation sites excluding steroid dienone is 1. The van der Waals surface area contributed by atoms with Crippen LogP contribution in [0.15, 0.2) is 11.6 Å². The molecule has 0 spiro atoms. The maximum absolute atomic E-state index is 10.8. The molecule has 2 aliphatic rings. The van der Waals surface area contributed by atoms with Gasteiger partial charge in [-0.05, 0) is 50.9 Å². The van der Waals surface area contributed by atoms with Crippen molar-refractivity contribution in [3.05, 3.63) is 11.6 Å². The molecule has 2 heteroatoms. The van der Waals surface area contributed by atoms with Gasteiger partial charge in [0.1, 0.15) is 0 Å². The molecule has 1 saturated carbocycles. The Kier molecular flexibility index (Phi) is 3.17. The molecule has 0 amide bonds. The van der Waals surface area contributed by atoms with Gasteiger partial charge in [-0.3, -0.25) is 0 Å². The maximum atomic E-state index is 10.8. The maximum Gasteiger partial charge on any atom is 0.0887 e. The molecule has 2 aliphatic carbocycles. The van der Waals surface area contributed by atoms with Crippen LogP contribution in [-0.2, 0) is 0 Å². The van der Waals surface area contributed by atoms with Gasteiger partial charge in [0.25, 0.3) is 0 Å². The van der Waals surface area contributed by atoms with E-state index in [4.69, 9.17) is 5.11 Å². The Hall–Kier alpha value is -0.340. The molecule has 1 fully saturated rings. The van der Waals surface area contributed by atoms with E-state index in [0.717, 1.165) is 32.1 Å². The SMILES string of the molecule is CC1=C[C@]2(O)[C@H](CCO)CCC[C@@H]2CC1. The van der Waals surface area contributed by atoms with Crippen LogP contribution in [0.25, 0.3) is 0 Å². The first-order chi connectivity index (χ1) is 7.16. The van der Waals surface area contributed by atoms with E-state index in [1.54, 1.807) is 0 Å². The molecule has 2 nitrogen and oxygen atoms in total. The highest BCUT2D eigenvalue weighted by molar-refractivity contribution is 5.18. The van der Waals surface area contributed by atoms with E-state index in [0.29, 0.717) is 5.92 Å². The molecule has 15 heavy (non-hydrogen) atoms. The Morgan fingerprint density at radius 3 is 2.93 bits per heavy atom. The summed E-state index contributed by atoms with van der Waals surface area (Å²) in [5.41, 5.74) is 0.710. The van der Waals surface area contributed by atoms with E-state index in [-0.39, 0.29) is 12.5 Å². The lowest BCUT2D eigenvalue weighted by Gasteiger charge is -2.47. The molecule has 0 aromatic rings. The van der Waals surface area contributed by atoms with Gasteiger partial charge in [0.2, 0.25) is 0 Å². The van der Waals surface area contributed by atoms with Gasteiger partial charge < -0.3 is 10.2 Å². The number of hydrogen-bond donors (Lipinski definition) is 2. The summed E-state index contributed by atoms with van der Waals surface area (Å²) in [6.45, 7) is 2.31. The summed E-state index contributed by atoms with van der Waals surface area (Å²) in [5, 5.41) is 19.8. The van der Waals surface area contributed by atoms with E-state index in [9.17, 15) is 5.11 Å². The largest absolute Gasteiger partial charge is 0.396 e. The summed E-state index contributed by atoms with van der Waals surface area (Å²) in [7, 11) is 0. The molecule has 0 heterocycles. The van der Waals surface area contributed by atoms with E-state index in [2.05, 4.69) is 13.0 Å². The molecule has 0 unspecified atom stereocenters. The molecule has 0 radical (unpaired) electrons. The predicted octanol–water partition coefficient (Wildman–Crippen LogP) is 2.26. The van der Waals surface area contributed by atoms with Crippen LogP contribution in [0.3, 0.4) is 0 Å². The van der Waals surface area contributed by atoms with Crippen molar-refractivity contribution in [3.8, 4) is 0 Å². The normalized spacial score (nSPS) is 40.9. The van der Waals surface area contributed by atoms with Crippen LogP contribution < -0.4 is 0 Å². The fourth-order valence-corrected chi connectivity index (χ4v) is 3.42. The Bertz CT molecular complexity index is 257.